The summed E-state index contributed by atoms with van der Waals surface area (Å²) in [7, 11) is 0. The summed E-state index contributed by atoms with van der Waals surface area (Å²) in [4.78, 5) is 32.8. The summed E-state index contributed by atoms with van der Waals surface area (Å²) in [5, 5.41) is 10.8. The van der Waals surface area contributed by atoms with E-state index >= 15 is 0 Å². The van der Waals surface area contributed by atoms with Gasteiger partial charge in [-0.1, -0.05) is 13.8 Å². The van der Waals surface area contributed by atoms with Crippen LogP contribution in [0.5, 0.6) is 0 Å². The molecule has 4 N–H and O–H groups in total. The van der Waals surface area contributed by atoms with E-state index in [1.165, 1.54) is 0 Å². The normalized spacial score (nSPS) is 12.2. The molecule has 0 unspecified atom stereocenters. The Hall–Kier alpha value is -1.43. The molecular weight excluding hydrogens is 224 g/mol. The molecule has 0 heterocycles. The van der Waals surface area contributed by atoms with Crippen molar-refractivity contribution in [2.45, 2.75) is 39.2 Å². The maximum absolute atomic E-state index is 11.4. The predicted octanol–water partition coefficient (Wildman–Crippen LogP) is -0.0901. The number of nitrogens with two attached hydrogens (primary N) is 1. The van der Waals surface area contributed by atoms with Crippen LogP contribution in [0.15, 0.2) is 0 Å². The number of hydrogen-bond acceptors (Lipinski definition) is 4. The Labute approximate surface area is 101 Å². The zero-order valence-corrected chi connectivity index (χ0v) is 10.2. The third-order valence-electron chi connectivity index (χ3n) is 2.14. The molecule has 1 amide bonds. The first-order valence-electron chi connectivity index (χ1n) is 5.59. The lowest BCUT2D eigenvalue weighted by Gasteiger charge is -2.13. The Morgan fingerprint density at radius 1 is 1.24 bits per heavy atom. The number of amides is 1. The van der Waals surface area contributed by atoms with E-state index in [9.17, 15) is 14.4 Å². The second kappa shape index (κ2) is 7.78. The first-order valence-corrected chi connectivity index (χ1v) is 5.59. The molecule has 0 saturated heterocycles. The van der Waals surface area contributed by atoms with Gasteiger partial charge in [-0.15, -0.1) is 0 Å². The average Bonchev–Trinajstić information content (AvgIpc) is 2.21. The molecule has 0 aromatic heterocycles. The van der Waals surface area contributed by atoms with Crippen LogP contribution in [0.25, 0.3) is 0 Å². The number of hydrogen-bond donors (Lipinski definition) is 3. The van der Waals surface area contributed by atoms with Crippen LogP contribution in [-0.2, 0) is 14.4 Å². The molecule has 17 heavy (non-hydrogen) atoms. The van der Waals surface area contributed by atoms with Gasteiger partial charge in [0.1, 0.15) is 0 Å². The molecule has 0 aliphatic carbocycles. The Morgan fingerprint density at radius 2 is 1.82 bits per heavy atom. The predicted molar refractivity (Wildman–Crippen MR) is 62.3 cm³/mol. The third-order valence-corrected chi connectivity index (χ3v) is 2.14. The van der Waals surface area contributed by atoms with Gasteiger partial charge in [-0.2, -0.15) is 0 Å². The van der Waals surface area contributed by atoms with Crippen LogP contribution in [0.3, 0.4) is 0 Å². The fourth-order valence-electron chi connectivity index (χ4n) is 1.27. The van der Waals surface area contributed by atoms with Crippen molar-refractivity contribution in [2.75, 3.05) is 6.54 Å². The number of carbonyl (C=O) groups is 3. The molecule has 0 aliphatic heterocycles. The minimum Gasteiger partial charge on any atom is -0.481 e. The second-order valence-corrected chi connectivity index (χ2v) is 4.39. The van der Waals surface area contributed by atoms with E-state index in [4.69, 9.17) is 10.8 Å². The Balaban J connectivity index is 3.83. The monoisotopic (exact) mass is 244 g/mol. The molecular formula is C11H20N2O4. The van der Waals surface area contributed by atoms with Gasteiger partial charge in [0.05, 0.1) is 19.0 Å². The van der Waals surface area contributed by atoms with Crippen LogP contribution in [0.2, 0.25) is 0 Å². The van der Waals surface area contributed by atoms with Crippen LogP contribution in [0.4, 0.5) is 0 Å². The fourth-order valence-corrected chi connectivity index (χ4v) is 1.27. The molecule has 0 saturated carbocycles. The lowest BCUT2D eigenvalue weighted by atomic mass is 10.0. The van der Waals surface area contributed by atoms with E-state index in [0.29, 0.717) is 12.3 Å². The number of carboxylic acids is 1. The van der Waals surface area contributed by atoms with Crippen molar-refractivity contribution in [2.24, 2.45) is 11.7 Å². The maximum Gasteiger partial charge on any atom is 0.303 e. The van der Waals surface area contributed by atoms with Crippen molar-refractivity contribution >= 4 is 17.7 Å². The first-order chi connectivity index (χ1) is 7.82. The molecule has 0 aromatic rings. The van der Waals surface area contributed by atoms with E-state index in [1.807, 2.05) is 13.8 Å². The summed E-state index contributed by atoms with van der Waals surface area (Å²) >= 11 is 0. The molecule has 0 rings (SSSR count). The topological polar surface area (TPSA) is 109 Å². The molecule has 0 aromatic carbocycles. The van der Waals surface area contributed by atoms with E-state index in [2.05, 4.69) is 5.32 Å². The minimum absolute atomic E-state index is 0.0744. The van der Waals surface area contributed by atoms with Gasteiger partial charge in [0.25, 0.3) is 0 Å². The van der Waals surface area contributed by atoms with Crippen molar-refractivity contribution in [3.05, 3.63) is 0 Å². The van der Waals surface area contributed by atoms with Gasteiger partial charge in [0.15, 0.2) is 5.78 Å². The smallest absolute Gasteiger partial charge is 0.303 e. The van der Waals surface area contributed by atoms with Crippen molar-refractivity contribution in [3.8, 4) is 0 Å². The van der Waals surface area contributed by atoms with Gasteiger partial charge < -0.3 is 16.2 Å². The lowest BCUT2D eigenvalue weighted by molar-refractivity contribution is -0.138. The van der Waals surface area contributed by atoms with Crippen LogP contribution in [-0.4, -0.2) is 35.4 Å². The Morgan fingerprint density at radius 3 is 2.29 bits per heavy atom. The zero-order valence-electron chi connectivity index (χ0n) is 10.2. The number of aliphatic carboxylic acids is 1. The van der Waals surface area contributed by atoms with Gasteiger partial charge >= 0.3 is 5.97 Å². The van der Waals surface area contributed by atoms with Crippen molar-refractivity contribution in [3.63, 3.8) is 0 Å². The van der Waals surface area contributed by atoms with Crippen molar-refractivity contribution in [1.82, 2.24) is 5.32 Å². The zero-order chi connectivity index (χ0) is 13.4. The third kappa shape index (κ3) is 8.38. The van der Waals surface area contributed by atoms with Crippen LogP contribution >= 0.6 is 0 Å². The van der Waals surface area contributed by atoms with E-state index < -0.39 is 12.0 Å². The standard InChI is InChI=1S/C11H20N2O4/c1-7(2)5-9(12)11(17)13-6-8(14)3-4-10(15)16/h7,9H,3-6,12H2,1-2H3,(H,13,17)(H,15,16)/t9-/m0/s1. The number of carboxylic acid groups (broad SMARTS) is 1. The van der Waals surface area contributed by atoms with Crippen LogP contribution < -0.4 is 11.1 Å². The summed E-state index contributed by atoms with van der Waals surface area (Å²) in [5.41, 5.74) is 5.61. The maximum atomic E-state index is 11.4. The number of rotatable bonds is 8. The largest absolute Gasteiger partial charge is 0.481 e. The van der Waals surface area contributed by atoms with Crippen molar-refractivity contribution < 1.29 is 19.5 Å². The molecule has 0 bridgehead atoms. The second-order valence-electron chi connectivity index (χ2n) is 4.39. The summed E-state index contributed by atoms with van der Waals surface area (Å²) < 4.78 is 0. The van der Waals surface area contributed by atoms with E-state index in [0.717, 1.165) is 0 Å². The molecule has 0 spiro atoms. The average molecular weight is 244 g/mol. The van der Waals surface area contributed by atoms with E-state index in [1.54, 1.807) is 0 Å². The first kappa shape index (κ1) is 15.6. The highest BCUT2D eigenvalue weighted by Crippen LogP contribution is 2.02. The Kier molecular flexibility index (Phi) is 7.13. The number of carbonyl (C=O) groups excluding carboxylic acids is 2. The number of Topliss-reactive ketones (excluding diaryl/α,β-unsaturated/α-hetero) is 1. The number of nitrogens with one attached hydrogen (secondary N) is 1. The highest BCUT2D eigenvalue weighted by atomic mass is 16.4. The quantitative estimate of drug-likeness (QED) is 0.552. The van der Waals surface area contributed by atoms with Crippen molar-refractivity contribution in [1.29, 1.82) is 0 Å². The summed E-state index contributed by atoms with van der Waals surface area (Å²) in [6.07, 6.45) is 0.261. The molecule has 6 nitrogen and oxygen atoms in total. The van der Waals surface area contributed by atoms with Crippen LogP contribution in [0, 0.1) is 5.92 Å². The van der Waals surface area contributed by atoms with Gasteiger partial charge in [-0.25, -0.2) is 0 Å². The van der Waals surface area contributed by atoms with Crippen LogP contribution in [0.1, 0.15) is 33.1 Å². The number of ketones is 1. The van der Waals surface area contributed by atoms with Gasteiger partial charge in [0.2, 0.25) is 5.91 Å². The fraction of sp³-hybridized carbons (Fsp3) is 0.727. The molecule has 98 valence electrons. The Bertz CT molecular complexity index is 289. The van der Waals surface area contributed by atoms with E-state index in [-0.39, 0.29) is 31.1 Å². The highest BCUT2D eigenvalue weighted by molar-refractivity contribution is 5.89. The van der Waals surface area contributed by atoms with Gasteiger partial charge in [-0.05, 0) is 12.3 Å². The molecule has 1 atom stereocenters. The summed E-state index contributed by atoms with van der Waals surface area (Å²) in [6, 6.07) is -0.623. The highest BCUT2D eigenvalue weighted by Gasteiger charge is 2.15. The van der Waals surface area contributed by atoms with Gasteiger partial charge in [0, 0.05) is 6.42 Å². The molecule has 6 heteroatoms. The minimum atomic E-state index is -1.03. The van der Waals surface area contributed by atoms with Gasteiger partial charge in [-0.3, -0.25) is 14.4 Å². The summed E-state index contributed by atoms with van der Waals surface area (Å²) in [5.74, 6) is -1.40. The summed E-state index contributed by atoms with van der Waals surface area (Å²) in [6.45, 7) is 3.74. The molecule has 0 fully saturated rings. The SMILES string of the molecule is CC(C)C[C@H](N)C(=O)NCC(=O)CCC(=O)O. The lowest BCUT2D eigenvalue weighted by Crippen LogP contribution is -2.43. The molecule has 0 radical (unpaired) electrons. The molecule has 0 aliphatic rings.